The van der Waals surface area contributed by atoms with Gasteiger partial charge in [0.25, 0.3) is 0 Å². The molecule has 2 aliphatic rings. The number of nitrogens with zero attached hydrogens (tertiary/aromatic N) is 3. The monoisotopic (exact) mass is 264 g/mol. The molecule has 19 heavy (non-hydrogen) atoms. The lowest BCUT2D eigenvalue weighted by Gasteiger charge is -2.39. The van der Waals surface area contributed by atoms with Gasteiger partial charge in [-0.2, -0.15) is 5.26 Å². The SMILES string of the molecule is CCC1(C(=O)N2CCN(CCC#N)CC2)CCCN1. The van der Waals surface area contributed by atoms with Crippen molar-refractivity contribution in [3.05, 3.63) is 0 Å². The van der Waals surface area contributed by atoms with Crippen molar-refractivity contribution >= 4 is 5.91 Å². The number of piperazine rings is 1. The summed E-state index contributed by atoms with van der Waals surface area (Å²) in [6.45, 7) is 7.28. The second-order valence-corrected chi connectivity index (χ2v) is 5.51. The summed E-state index contributed by atoms with van der Waals surface area (Å²) < 4.78 is 0. The lowest BCUT2D eigenvalue weighted by atomic mass is 9.92. The van der Waals surface area contributed by atoms with Gasteiger partial charge in [-0.25, -0.2) is 0 Å². The maximum absolute atomic E-state index is 12.7. The molecule has 0 aromatic heterocycles. The van der Waals surface area contributed by atoms with E-state index >= 15 is 0 Å². The summed E-state index contributed by atoms with van der Waals surface area (Å²) in [5.74, 6) is 0.285. The molecule has 0 aromatic rings. The van der Waals surface area contributed by atoms with Crippen LogP contribution < -0.4 is 5.32 Å². The first kappa shape index (κ1) is 14.3. The topological polar surface area (TPSA) is 59.4 Å². The van der Waals surface area contributed by atoms with E-state index in [2.05, 4.69) is 23.2 Å². The van der Waals surface area contributed by atoms with E-state index in [4.69, 9.17) is 5.26 Å². The molecule has 2 heterocycles. The molecule has 1 unspecified atom stereocenters. The van der Waals surface area contributed by atoms with E-state index in [1.54, 1.807) is 0 Å². The molecule has 2 rings (SSSR count). The summed E-state index contributed by atoms with van der Waals surface area (Å²) in [6.07, 6.45) is 3.52. The molecule has 0 spiro atoms. The molecule has 2 aliphatic heterocycles. The van der Waals surface area contributed by atoms with Crippen LogP contribution in [-0.4, -0.2) is 60.5 Å². The smallest absolute Gasteiger partial charge is 0.242 e. The van der Waals surface area contributed by atoms with Crippen LogP contribution in [0.15, 0.2) is 0 Å². The van der Waals surface area contributed by atoms with Crippen molar-refractivity contribution < 1.29 is 4.79 Å². The van der Waals surface area contributed by atoms with Gasteiger partial charge in [0.15, 0.2) is 0 Å². The van der Waals surface area contributed by atoms with Crippen molar-refractivity contribution in [2.24, 2.45) is 0 Å². The Balaban J connectivity index is 1.87. The molecule has 0 bridgehead atoms. The van der Waals surface area contributed by atoms with Gasteiger partial charge in [-0.15, -0.1) is 0 Å². The van der Waals surface area contributed by atoms with Crippen LogP contribution in [0.3, 0.4) is 0 Å². The van der Waals surface area contributed by atoms with Crippen molar-refractivity contribution in [2.75, 3.05) is 39.3 Å². The molecule has 1 amide bonds. The van der Waals surface area contributed by atoms with Crippen LogP contribution >= 0.6 is 0 Å². The molecule has 2 fully saturated rings. The van der Waals surface area contributed by atoms with Gasteiger partial charge in [0.05, 0.1) is 11.6 Å². The van der Waals surface area contributed by atoms with Gasteiger partial charge in [-0.1, -0.05) is 6.92 Å². The molecule has 0 aromatic carbocycles. The third-order valence-corrected chi connectivity index (χ3v) is 4.46. The Labute approximate surface area is 115 Å². The first-order chi connectivity index (χ1) is 9.22. The Morgan fingerprint density at radius 1 is 1.37 bits per heavy atom. The Morgan fingerprint density at radius 3 is 2.63 bits per heavy atom. The molecular formula is C14H24N4O. The fourth-order valence-corrected chi connectivity index (χ4v) is 3.13. The van der Waals surface area contributed by atoms with E-state index in [0.717, 1.165) is 58.5 Å². The van der Waals surface area contributed by atoms with E-state index < -0.39 is 0 Å². The third-order valence-electron chi connectivity index (χ3n) is 4.46. The average molecular weight is 264 g/mol. The van der Waals surface area contributed by atoms with Gasteiger partial charge in [0.2, 0.25) is 5.91 Å². The van der Waals surface area contributed by atoms with Crippen LogP contribution in [0.25, 0.3) is 0 Å². The molecule has 0 saturated carbocycles. The maximum Gasteiger partial charge on any atom is 0.242 e. The Hall–Kier alpha value is -1.12. The van der Waals surface area contributed by atoms with Crippen LogP contribution in [0.2, 0.25) is 0 Å². The van der Waals surface area contributed by atoms with Crippen LogP contribution in [0.5, 0.6) is 0 Å². The highest BCUT2D eigenvalue weighted by Crippen LogP contribution is 2.26. The summed E-state index contributed by atoms with van der Waals surface area (Å²) in [4.78, 5) is 16.9. The number of amides is 1. The quantitative estimate of drug-likeness (QED) is 0.807. The van der Waals surface area contributed by atoms with Gasteiger partial charge >= 0.3 is 0 Å². The zero-order valence-electron chi connectivity index (χ0n) is 11.8. The van der Waals surface area contributed by atoms with Crippen LogP contribution in [0.1, 0.15) is 32.6 Å². The minimum Gasteiger partial charge on any atom is -0.339 e. The van der Waals surface area contributed by atoms with E-state index in [1.807, 2.05) is 4.90 Å². The lowest BCUT2D eigenvalue weighted by Crippen LogP contribution is -2.59. The zero-order chi connectivity index (χ0) is 13.7. The predicted molar refractivity (Wildman–Crippen MR) is 73.5 cm³/mol. The van der Waals surface area contributed by atoms with Gasteiger partial charge in [0.1, 0.15) is 0 Å². The minimum absolute atomic E-state index is 0.285. The van der Waals surface area contributed by atoms with Crippen molar-refractivity contribution in [2.45, 2.75) is 38.1 Å². The Morgan fingerprint density at radius 2 is 2.11 bits per heavy atom. The Bertz CT molecular complexity index is 349. The van der Waals surface area contributed by atoms with Crippen molar-refractivity contribution in [3.63, 3.8) is 0 Å². The minimum atomic E-state index is -0.297. The first-order valence-corrected chi connectivity index (χ1v) is 7.35. The summed E-state index contributed by atoms with van der Waals surface area (Å²) in [5.41, 5.74) is -0.297. The molecule has 5 heteroatoms. The van der Waals surface area contributed by atoms with E-state index in [9.17, 15) is 4.79 Å². The summed E-state index contributed by atoms with van der Waals surface area (Å²) in [6, 6.07) is 2.18. The number of hydrogen-bond donors (Lipinski definition) is 1. The fourth-order valence-electron chi connectivity index (χ4n) is 3.13. The van der Waals surface area contributed by atoms with Crippen molar-refractivity contribution in [3.8, 4) is 6.07 Å². The van der Waals surface area contributed by atoms with Gasteiger partial charge in [-0.05, 0) is 25.8 Å². The molecule has 0 radical (unpaired) electrons. The third kappa shape index (κ3) is 3.07. The first-order valence-electron chi connectivity index (χ1n) is 7.35. The average Bonchev–Trinajstić information content (AvgIpc) is 2.95. The number of carbonyl (C=O) groups excluding carboxylic acids is 1. The van der Waals surface area contributed by atoms with Crippen LogP contribution in [0.4, 0.5) is 0 Å². The normalized spacial score (nSPS) is 28.3. The number of rotatable bonds is 4. The number of nitrogens with one attached hydrogen (secondary N) is 1. The molecule has 5 nitrogen and oxygen atoms in total. The lowest BCUT2D eigenvalue weighted by molar-refractivity contribution is -0.139. The van der Waals surface area contributed by atoms with E-state index in [1.165, 1.54) is 0 Å². The standard InChI is InChI=1S/C14H24N4O/c1-2-14(5-3-7-16-14)13(19)18-11-9-17(10-12-18)8-4-6-15/h16H,2-5,7-12H2,1H3. The molecular weight excluding hydrogens is 240 g/mol. The molecule has 0 aliphatic carbocycles. The van der Waals surface area contributed by atoms with Crippen LogP contribution in [0, 0.1) is 11.3 Å². The summed E-state index contributed by atoms with van der Waals surface area (Å²) in [7, 11) is 0. The van der Waals surface area contributed by atoms with Gasteiger partial charge in [0, 0.05) is 39.1 Å². The van der Waals surface area contributed by atoms with Gasteiger partial charge < -0.3 is 10.2 Å². The van der Waals surface area contributed by atoms with Crippen molar-refractivity contribution in [1.29, 1.82) is 5.26 Å². The van der Waals surface area contributed by atoms with Crippen LogP contribution in [-0.2, 0) is 4.79 Å². The highest BCUT2D eigenvalue weighted by atomic mass is 16.2. The van der Waals surface area contributed by atoms with E-state index in [-0.39, 0.29) is 11.4 Å². The zero-order valence-corrected chi connectivity index (χ0v) is 11.8. The Kier molecular flexibility index (Phi) is 4.78. The van der Waals surface area contributed by atoms with Crippen molar-refractivity contribution in [1.82, 2.24) is 15.1 Å². The fraction of sp³-hybridized carbons (Fsp3) is 0.857. The predicted octanol–water partition coefficient (Wildman–Crippen LogP) is 0.576. The van der Waals surface area contributed by atoms with Gasteiger partial charge in [-0.3, -0.25) is 9.69 Å². The largest absolute Gasteiger partial charge is 0.339 e. The number of hydrogen-bond acceptors (Lipinski definition) is 4. The highest BCUT2D eigenvalue weighted by Gasteiger charge is 2.42. The summed E-state index contributed by atoms with van der Waals surface area (Å²) >= 11 is 0. The van der Waals surface area contributed by atoms with E-state index in [0.29, 0.717) is 6.42 Å². The second-order valence-electron chi connectivity index (χ2n) is 5.51. The maximum atomic E-state index is 12.7. The second kappa shape index (κ2) is 6.36. The molecule has 1 atom stereocenters. The highest BCUT2D eigenvalue weighted by molar-refractivity contribution is 5.86. The molecule has 106 valence electrons. The number of carbonyl (C=O) groups is 1. The molecule has 2 saturated heterocycles. The molecule has 1 N–H and O–H groups in total. The summed E-state index contributed by atoms with van der Waals surface area (Å²) in [5, 5.41) is 12.0. The number of nitriles is 1.